The maximum absolute atomic E-state index is 12.1. The molecule has 1 aliphatic rings. The molecule has 0 saturated carbocycles. The summed E-state index contributed by atoms with van der Waals surface area (Å²) in [6, 6.07) is 7.73. The average Bonchev–Trinajstić information content (AvgIpc) is 2.97. The van der Waals surface area contributed by atoms with Crippen LogP contribution in [0.4, 0.5) is 5.69 Å². The van der Waals surface area contributed by atoms with Crippen molar-refractivity contribution in [2.24, 2.45) is 5.92 Å². The lowest BCUT2D eigenvalue weighted by atomic mass is 9.96. The Kier molecular flexibility index (Phi) is 10.5. The molecule has 162 valence electrons. The number of anilines is 1. The highest BCUT2D eigenvalue weighted by atomic mass is 35.5. The molecule has 1 aromatic carbocycles. The van der Waals surface area contributed by atoms with Crippen molar-refractivity contribution in [1.82, 2.24) is 15.2 Å². The Morgan fingerprint density at radius 3 is 2.55 bits per heavy atom. The fourth-order valence-corrected chi connectivity index (χ4v) is 3.50. The van der Waals surface area contributed by atoms with Crippen LogP contribution in [0, 0.1) is 19.8 Å². The Balaban J connectivity index is 0.00000210. The van der Waals surface area contributed by atoms with Gasteiger partial charge in [0.25, 0.3) is 0 Å². The molecule has 2 aromatic rings. The molecule has 3 N–H and O–H groups in total. The zero-order valence-electron chi connectivity index (χ0n) is 17.1. The molecule has 0 aliphatic carbocycles. The number of rotatable bonds is 7. The summed E-state index contributed by atoms with van der Waals surface area (Å²) in [6.45, 7) is 7.49. The zero-order valence-corrected chi connectivity index (χ0v) is 18.8. The van der Waals surface area contributed by atoms with Crippen LogP contribution in [0.15, 0.2) is 28.7 Å². The van der Waals surface area contributed by atoms with Crippen molar-refractivity contribution in [3.8, 4) is 0 Å². The number of aromatic nitrogens is 1. The molecule has 3 rings (SSSR count). The lowest BCUT2D eigenvalue weighted by Gasteiger charge is -2.31. The standard InChI is InChI=1S/C21H30N4O2.2ClH/c1-15-16(2)27-21(24-15)14-25-11-9-17(10-12-25)13-23-20(26)8-7-18-5-3-4-6-19(18)22;;/h3-6,17H,7-14,22H2,1-2H3,(H,23,26);2*1H. The Morgan fingerprint density at radius 2 is 1.93 bits per heavy atom. The Morgan fingerprint density at radius 1 is 1.24 bits per heavy atom. The van der Waals surface area contributed by atoms with Gasteiger partial charge in [0.1, 0.15) is 5.76 Å². The molecule has 0 radical (unpaired) electrons. The molecule has 0 spiro atoms. The van der Waals surface area contributed by atoms with Gasteiger partial charge in [-0.15, -0.1) is 24.8 Å². The molecule has 1 aromatic heterocycles. The number of likely N-dealkylation sites (tertiary alicyclic amines) is 1. The van der Waals surface area contributed by atoms with E-state index in [4.69, 9.17) is 10.2 Å². The maximum Gasteiger partial charge on any atom is 0.220 e. The quantitative estimate of drug-likeness (QED) is 0.638. The third-order valence-electron chi connectivity index (χ3n) is 5.40. The van der Waals surface area contributed by atoms with Crippen molar-refractivity contribution < 1.29 is 9.21 Å². The predicted molar refractivity (Wildman–Crippen MR) is 121 cm³/mol. The summed E-state index contributed by atoms with van der Waals surface area (Å²) in [4.78, 5) is 19.0. The van der Waals surface area contributed by atoms with Gasteiger partial charge in [-0.2, -0.15) is 0 Å². The molecular formula is C21H32Cl2N4O2. The normalized spacial score (nSPS) is 14.7. The lowest BCUT2D eigenvalue weighted by Crippen LogP contribution is -2.38. The molecule has 6 nitrogen and oxygen atoms in total. The van der Waals surface area contributed by atoms with E-state index < -0.39 is 0 Å². The van der Waals surface area contributed by atoms with E-state index in [1.165, 1.54) is 0 Å². The number of nitrogens with one attached hydrogen (secondary N) is 1. The summed E-state index contributed by atoms with van der Waals surface area (Å²) in [6.07, 6.45) is 3.34. The number of carbonyl (C=O) groups is 1. The van der Waals surface area contributed by atoms with Gasteiger partial charge in [-0.3, -0.25) is 9.69 Å². The Bertz CT molecular complexity index is 754. The first kappa shape index (κ1) is 25.3. The van der Waals surface area contributed by atoms with Gasteiger partial charge < -0.3 is 15.5 Å². The second kappa shape index (κ2) is 12.1. The molecule has 1 amide bonds. The molecule has 0 atom stereocenters. The van der Waals surface area contributed by atoms with Gasteiger partial charge in [0.15, 0.2) is 0 Å². The number of nitrogens with zero attached hydrogens (tertiary/aromatic N) is 2. The highest BCUT2D eigenvalue weighted by Gasteiger charge is 2.21. The number of aryl methyl sites for hydroxylation is 3. The molecule has 1 fully saturated rings. The summed E-state index contributed by atoms with van der Waals surface area (Å²) in [5.74, 6) is 2.35. The summed E-state index contributed by atoms with van der Waals surface area (Å²) < 4.78 is 5.68. The van der Waals surface area contributed by atoms with Gasteiger partial charge in [0.2, 0.25) is 11.8 Å². The minimum atomic E-state index is 0. The molecule has 8 heteroatoms. The van der Waals surface area contributed by atoms with Crippen molar-refractivity contribution in [3.05, 3.63) is 47.2 Å². The highest BCUT2D eigenvalue weighted by molar-refractivity contribution is 5.85. The SMILES string of the molecule is Cc1nc(CN2CCC(CNC(=O)CCc3ccccc3N)CC2)oc1C.Cl.Cl. The van der Waals surface area contributed by atoms with E-state index in [0.717, 1.165) is 67.6 Å². The number of nitrogens with two attached hydrogens (primary N) is 1. The van der Waals surface area contributed by atoms with Crippen LogP contribution in [0.25, 0.3) is 0 Å². The van der Waals surface area contributed by atoms with Gasteiger partial charge in [0.05, 0.1) is 12.2 Å². The maximum atomic E-state index is 12.1. The number of amides is 1. The number of para-hydroxylation sites is 1. The van der Waals surface area contributed by atoms with Crippen LogP contribution in [0.1, 0.15) is 42.2 Å². The van der Waals surface area contributed by atoms with Crippen LogP contribution in [0.2, 0.25) is 0 Å². The molecule has 29 heavy (non-hydrogen) atoms. The van der Waals surface area contributed by atoms with E-state index in [2.05, 4.69) is 15.2 Å². The second-order valence-corrected chi connectivity index (χ2v) is 7.47. The number of piperidine rings is 1. The number of hydrogen-bond acceptors (Lipinski definition) is 5. The first-order valence-corrected chi connectivity index (χ1v) is 9.76. The van der Waals surface area contributed by atoms with Gasteiger partial charge in [-0.25, -0.2) is 4.98 Å². The number of carbonyl (C=O) groups excluding carboxylic acids is 1. The van der Waals surface area contributed by atoms with Gasteiger partial charge in [-0.05, 0) is 63.7 Å². The fraction of sp³-hybridized carbons (Fsp3) is 0.524. The van der Waals surface area contributed by atoms with Crippen LogP contribution in [0.3, 0.4) is 0 Å². The van der Waals surface area contributed by atoms with E-state index in [0.29, 0.717) is 18.8 Å². The summed E-state index contributed by atoms with van der Waals surface area (Å²) >= 11 is 0. The van der Waals surface area contributed by atoms with E-state index in [-0.39, 0.29) is 30.7 Å². The first-order valence-electron chi connectivity index (χ1n) is 9.76. The minimum Gasteiger partial charge on any atom is -0.444 e. The molecule has 0 unspecified atom stereocenters. The second-order valence-electron chi connectivity index (χ2n) is 7.47. The fourth-order valence-electron chi connectivity index (χ4n) is 3.50. The average molecular weight is 443 g/mol. The number of oxazole rings is 1. The van der Waals surface area contributed by atoms with Gasteiger partial charge in [-0.1, -0.05) is 18.2 Å². The predicted octanol–water partition coefficient (Wildman–Crippen LogP) is 3.68. The zero-order chi connectivity index (χ0) is 19.2. The van der Waals surface area contributed by atoms with Crippen LogP contribution in [-0.4, -0.2) is 35.4 Å². The minimum absolute atomic E-state index is 0. The molecule has 1 saturated heterocycles. The van der Waals surface area contributed by atoms with Gasteiger partial charge >= 0.3 is 0 Å². The lowest BCUT2D eigenvalue weighted by molar-refractivity contribution is -0.121. The van der Waals surface area contributed by atoms with Crippen LogP contribution < -0.4 is 11.1 Å². The number of benzene rings is 1. The van der Waals surface area contributed by atoms with Crippen molar-refractivity contribution >= 4 is 36.4 Å². The van der Waals surface area contributed by atoms with Crippen LogP contribution in [0.5, 0.6) is 0 Å². The van der Waals surface area contributed by atoms with Crippen LogP contribution >= 0.6 is 24.8 Å². The molecular weight excluding hydrogens is 411 g/mol. The number of nitrogen functional groups attached to an aromatic ring is 1. The third kappa shape index (κ3) is 7.53. The van der Waals surface area contributed by atoms with E-state index in [1.807, 2.05) is 38.1 Å². The third-order valence-corrected chi connectivity index (χ3v) is 5.40. The Labute approximate surface area is 185 Å². The van der Waals surface area contributed by atoms with E-state index in [1.54, 1.807) is 0 Å². The van der Waals surface area contributed by atoms with Crippen molar-refractivity contribution in [1.29, 1.82) is 0 Å². The molecule has 1 aliphatic heterocycles. The molecule has 0 bridgehead atoms. The monoisotopic (exact) mass is 442 g/mol. The van der Waals surface area contributed by atoms with Crippen molar-refractivity contribution in [3.63, 3.8) is 0 Å². The largest absolute Gasteiger partial charge is 0.444 e. The summed E-state index contributed by atoms with van der Waals surface area (Å²) in [5, 5.41) is 3.09. The summed E-state index contributed by atoms with van der Waals surface area (Å²) in [7, 11) is 0. The van der Waals surface area contributed by atoms with Crippen LogP contribution in [-0.2, 0) is 17.8 Å². The highest BCUT2D eigenvalue weighted by Crippen LogP contribution is 2.19. The number of hydrogen-bond donors (Lipinski definition) is 2. The first-order chi connectivity index (χ1) is 13.0. The topological polar surface area (TPSA) is 84.4 Å². The van der Waals surface area contributed by atoms with Gasteiger partial charge in [0, 0.05) is 18.7 Å². The van der Waals surface area contributed by atoms with E-state index in [9.17, 15) is 4.79 Å². The number of halogens is 2. The van der Waals surface area contributed by atoms with E-state index >= 15 is 0 Å². The van der Waals surface area contributed by atoms with Crippen molar-refractivity contribution in [2.75, 3.05) is 25.4 Å². The smallest absolute Gasteiger partial charge is 0.220 e. The summed E-state index contributed by atoms with van der Waals surface area (Å²) in [5.41, 5.74) is 8.70. The molecule has 2 heterocycles. The Hall–Kier alpha value is -1.76. The van der Waals surface area contributed by atoms with Crippen molar-refractivity contribution in [2.45, 2.75) is 46.1 Å².